The maximum Gasteiger partial charge on any atom is 0.320 e. The maximum atomic E-state index is 12.6. The Labute approximate surface area is 159 Å². The van der Waals surface area contributed by atoms with Gasteiger partial charge in [0.15, 0.2) is 11.5 Å². The highest BCUT2D eigenvalue weighted by Crippen LogP contribution is 2.32. The molecule has 3 amide bonds. The minimum atomic E-state index is -0.109. The van der Waals surface area contributed by atoms with Crippen LogP contribution in [0.5, 0.6) is 11.5 Å². The molecule has 3 heterocycles. The number of likely N-dealkylation sites (tertiary alicyclic amines) is 2. The van der Waals surface area contributed by atoms with Crippen LogP contribution < -0.4 is 14.8 Å². The number of ether oxygens (including phenoxy) is 2. The summed E-state index contributed by atoms with van der Waals surface area (Å²) in [6.07, 6.45) is 4.65. The topological polar surface area (TPSA) is 71.1 Å². The molecule has 7 heteroatoms. The van der Waals surface area contributed by atoms with Crippen molar-refractivity contribution >= 4 is 11.9 Å². The number of carbonyl (C=O) groups is 2. The first-order valence-corrected chi connectivity index (χ1v) is 9.91. The zero-order chi connectivity index (χ0) is 18.6. The molecule has 0 saturated carbocycles. The van der Waals surface area contributed by atoms with E-state index in [0.29, 0.717) is 13.1 Å². The molecule has 3 aliphatic rings. The molecule has 0 aromatic heterocycles. The van der Waals surface area contributed by atoms with E-state index in [-0.39, 0.29) is 24.6 Å². The van der Waals surface area contributed by atoms with E-state index in [1.54, 1.807) is 0 Å². The molecule has 0 unspecified atom stereocenters. The van der Waals surface area contributed by atoms with Gasteiger partial charge in [-0.3, -0.25) is 4.79 Å². The average Bonchev–Trinajstić information content (AvgIpc) is 3.39. The molecule has 27 heavy (non-hydrogen) atoms. The van der Waals surface area contributed by atoms with Crippen molar-refractivity contribution in [2.75, 3.05) is 39.5 Å². The van der Waals surface area contributed by atoms with E-state index in [4.69, 9.17) is 9.47 Å². The van der Waals surface area contributed by atoms with Gasteiger partial charge >= 0.3 is 6.03 Å². The number of rotatable bonds is 4. The number of hydrogen-bond donors (Lipinski definition) is 1. The third kappa shape index (κ3) is 4.12. The quantitative estimate of drug-likeness (QED) is 0.876. The lowest BCUT2D eigenvalue weighted by molar-refractivity contribution is -0.126. The monoisotopic (exact) mass is 373 g/mol. The van der Waals surface area contributed by atoms with E-state index >= 15 is 0 Å². The van der Waals surface area contributed by atoms with Crippen LogP contribution in [0.2, 0.25) is 0 Å². The lowest BCUT2D eigenvalue weighted by Crippen LogP contribution is -2.49. The summed E-state index contributed by atoms with van der Waals surface area (Å²) in [6.45, 7) is 3.84. The first kappa shape index (κ1) is 17.9. The molecule has 4 rings (SSSR count). The van der Waals surface area contributed by atoms with Crippen molar-refractivity contribution < 1.29 is 19.1 Å². The number of amides is 3. The highest BCUT2D eigenvalue weighted by molar-refractivity contribution is 5.81. The lowest BCUT2D eigenvalue weighted by Gasteiger charge is -2.34. The Hall–Kier alpha value is -2.44. The SMILES string of the molecule is O=C(NCCc1ccc2c(c1)OCO2)[C@H]1CCCN(C(=O)N2CCCC2)C1. The number of fused-ring (bicyclic) bond motifs is 1. The molecule has 3 aliphatic heterocycles. The first-order valence-electron chi connectivity index (χ1n) is 9.91. The second-order valence-corrected chi connectivity index (χ2v) is 7.49. The Kier molecular flexibility index (Phi) is 5.36. The molecule has 0 bridgehead atoms. The van der Waals surface area contributed by atoms with Crippen LogP contribution in [0.3, 0.4) is 0 Å². The molecule has 0 spiro atoms. The highest BCUT2D eigenvalue weighted by atomic mass is 16.7. The molecular weight excluding hydrogens is 346 g/mol. The van der Waals surface area contributed by atoms with Gasteiger partial charge in [-0.05, 0) is 49.8 Å². The summed E-state index contributed by atoms with van der Waals surface area (Å²) < 4.78 is 10.7. The zero-order valence-electron chi connectivity index (χ0n) is 15.6. The van der Waals surface area contributed by atoms with Gasteiger partial charge in [-0.2, -0.15) is 0 Å². The third-order valence-electron chi connectivity index (χ3n) is 5.59. The predicted molar refractivity (Wildman–Crippen MR) is 99.8 cm³/mol. The number of benzene rings is 1. The highest BCUT2D eigenvalue weighted by Gasteiger charge is 2.31. The molecule has 0 aliphatic carbocycles. The van der Waals surface area contributed by atoms with Crippen molar-refractivity contribution in [3.63, 3.8) is 0 Å². The van der Waals surface area contributed by atoms with Gasteiger partial charge in [0.05, 0.1) is 5.92 Å². The van der Waals surface area contributed by atoms with E-state index < -0.39 is 0 Å². The summed E-state index contributed by atoms with van der Waals surface area (Å²) in [5.74, 6) is 1.48. The summed E-state index contributed by atoms with van der Waals surface area (Å²) in [5, 5.41) is 3.04. The van der Waals surface area contributed by atoms with Crippen molar-refractivity contribution in [1.82, 2.24) is 15.1 Å². The molecule has 1 aromatic rings. The summed E-state index contributed by atoms with van der Waals surface area (Å²) in [6, 6.07) is 5.97. The number of piperidine rings is 1. The Morgan fingerprint density at radius 1 is 1.04 bits per heavy atom. The zero-order valence-corrected chi connectivity index (χ0v) is 15.6. The normalized spacial score (nSPS) is 21.4. The summed E-state index contributed by atoms with van der Waals surface area (Å²) in [4.78, 5) is 28.9. The molecule has 1 atom stereocenters. The molecule has 1 N–H and O–H groups in total. The van der Waals surface area contributed by atoms with Crippen molar-refractivity contribution in [2.45, 2.75) is 32.1 Å². The van der Waals surface area contributed by atoms with E-state index in [1.807, 2.05) is 28.0 Å². The fourth-order valence-electron chi connectivity index (χ4n) is 4.04. The maximum absolute atomic E-state index is 12.6. The van der Waals surface area contributed by atoms with Gasteiger partial charge in [0.25, 0.3) is 0 Å². The van der Waals surface area contributed by atoms with Crippen molar-refractivity contribution in [3.05, 3.63) is 23.8 Å². The number of nitrogens with zero attached hydrogens (tertiary/aromatic N) is 2. The molecule has 2 fully saturated rings. The van der Waals surface area contributed by atoms with E-state index in [9.17, 15) is 9.59 Å². The second-order valence-electron chi connectivity index (χ2n) is 7.49. The van der Waals surface area contributed by atoms with E-state index in [2.05, 4.69) is 5.32 Å². The van der Waals surface area contributed by atoms with Gasteiger partial charge in [0.2, 0.25) is 12.7 Å². The van der Waals surface area contributed by atoms with Crippen LogP contribution >= 0.6 is 0 Å². The Balaban J connectivity index is 1.24. The van der Waals surface area contributed by atoms with E-state index in [0.717, 1.165) is 68.8 Å². The van der Waals surface area contributed by atoms with Gasteiger partial charge in [-0.15, -0.1) is 0 Å². The number of nitrogens with one attached hydrogen (secondary N) is 1. The summed E-state index contributed by atoms with van der Waals surface area (Å²) in [7, 11) is 0. The van der Waals surface area contributed by atoms with E-state index in [1.165, 1.54) is 0 Å². The molecule has 2 saturated heterocycles. The van der Waals surface area contributed by atoms with Crippen LogP contribution in [0.1, 0.15) is 31.2 Å². The first-order chi connectivity index (χ1) is 13.2. The minimum Gasteiger partial charge on any atom is -0.454 e. The van der Waals surface area contributed by atoms with Gasteiger partial charge < -0.3 is 24.6 Å². The summed E-state index contributed by atoms with van der Waals surface area (Å²) >= 11 is 0. The number of urea groups is 1. The lowest BCUT2D eigenvalue weighted by atomic mass is 9.97. The number of hydrogen-bond acceptors (Lipinski definition) is 4. The largest absolute Gasteiger partial charge is 0.454 e. The Bertz CT molecular complexity index is 702. The van der Waals surface area contributed by atoms with Crippen LogP contribution in [-0.4, -0.2) is 61.3 Å². The fraction of sp³-hybridized carbons (Fsp3) is 0.600. The van der Waals surface area contributed by atoms with Gasteiger partial charge in [-0.25, -0.2) is 4.79 Å². The molecule has 0 radical (unpaired) electrons. The third-order valence-corrected chi connectivity index (χ3v) is 5.59. The van der Waals surface area contributed by atoms with Crippen molar-refractivity contribution in [1.29, 1.82) is 0 Å². The predicted octanol–water partition coefficient (Wildman–Crippen LogP) is 2.00. The van der Waals surface area contributed by atoms with Crippen molar-refractivity contribution in [3.8, 4) is 11.5 Å². The fourth-order valence-corrected chi connectivity index (χ4v) is 4.04. The summed E-state index contributed by atoms with van der Waals surface area (Å²) in [5.41, 5.74) is 1.11. The number of carbonyl (C=O) groups excluding carboxylic acids is 2. The van der Waals surface area contributed by atoms with Crippen molar-refractivity contribution in [2.24, 2.45) is 5.92 Å². The van der Waals surface area contributed by atoms with Gasteiger partial charge in [0.1, 0.15) is 0 Å². The average molecular weight is 373 g/mol. The smallest absolute Gasteiger partial charge is 0.320 e. The van der Waals surface area contributed by atoms with Crippen LogP contribution in [0.4, 0.5) is 4.79 Å². The van der Waals surface area contributed by atoms with Gasteiger partial charge in [-0.1, -0.05) is 6.07 Å². The molecule has 7 nitrogen and oxygen atoms in total. The van der Waals surface area contributed by atoms with Crippen LogP contribution in [0.25, 0.3) is 0 Å². The molecular formula is C20H27N3O4. The Morgan fingerprint density at radius 2 is 1.81 bits per heavy atom. The minimum absolute atomic E-state index is 0.0506. The standard InChI is InChI=1S/C20H27N3O4/c24-19(21-8-7-15-5-6-17-18(12-15)27-14-26-17)16-4-3-11-23(13-16)20(25)22-9-1-2-10-22/h5-6,12,16H,1-4,7-11,13-14H2,(H,21,24)/t16-/m0/s1. The molecule has 1 aromatic carbocycles. The van der Waals surface area contributed by atoms with Crippen LogP contribution in [0.15, 0.2) is 18.2 Å². The Morgan fingerprint density at radius 3 is 2.67 bits per heavy atom. The second kappa shape index (κ2) is 8.06. The van der Waals surface area contributed by atoms with Crippen LogP contribution in [0, 0.1) is 5.92 Å². The van der Waals surface area contributed by atoms with Gasteiger partial charge in [0, 0.05) is 32.7 Å². The molecule has 146 valence electrons. The van der Waals surface area contributed by atoms with Crippen LogP contribution in [-0.2, 0) is 11.2 Å².